The molecule has 5 rings (SSSR count). The molecule has 8 atom stereocenters. The van der Waals surface area contributed by atoms with E-state index in [0.717, 1.165) is 6.07 Å². The summed E-state index contributed by atoms with van der Waals surface area (Å²) in [6.07, 6.45) is -12.0. The maximum Gasteiger partial charge on any atom is 0.197 e. The van der Waals surface area contributed by atoms with Crippen LogP contribution in [0, 0.1) is 0 Å². The standard InChI is InChI=1S/C26H28O13/c1-35-17-7-13(29)18-12(28)6-16(10-2-4-11(27)5-3-10)38-23(18)19(17)24-25(21(33)15(31)8-36-24)39-26-22(34)20(32)14(30)9-37-26/h2-7,14-15,20-22,24-27,29-34H,8-9H2,1H3/t14-,15+,20+,21+,22-,24+,25-,26+/m1/s1. The Morgan fingerprint density at radius 3 is 2.23 bits per heavy atom. The SMILES string of the molecule is COc1cc(O)c2c(=O)cc(-c3ccc(O)cc3)oc2c1[C@@H]1OC[C@H](O)[C@H](O)[C@H]1O[C@@H]1OC[C@@H](O)[C@H](O)[C@H]1O. The fourth-order valence-electron chi connectivity index (χ4n) is 4.77. The zero-order chi connectivity index (χ0) is 28.0. The molecule has 0 aliphatic carbocycles. The van der Waals surface area contributed by atoms with Crippen LogP contribution in [-0.2, 0) is 14.2 Å². The summed E-state index contributed by atoms with van der Waals surface area (Å²) in [5, 5.41) is 71.5. The number of methoxy groups -OCH3 is 1. The lowest BCUT2D eigenvalue weighted by atomic mass is 9.91. The van der Waals surface area contributed by atoms with Crippen molar-refractivity contribution in [3.05, 3.63) is 52.2 Å². The summed E-state index contributed by atoms with van der Waals surface area (Å²) >= 11 is 0. The van der Waals surface area contributed by atoms with Crippen LogP contribution in [-0.4, -0.2) is 99.0 Å². The van der Waals surface area contributed by atoms with Gasteiger partial charge in [-0.1, -0.05) is 0 Å². The quantitative estimate of drug-likeness (QED) is 0.215. The highest BCUT2D eigenvalue weighted by Crippen LogP contribution is 2.44. The lowest BCUT2D eigenvalue weighted by Gasteiger charge is -2.43. The topological polar surface area (TPSA) is 209 Å². The molecule has 2 aromatic carbocycles. The van der Waals surface area contributed by atoms with Gasteiger partial charge in [-0.15, -0.1) is 0 Å². The van der Waals surface area contributed by atoms with Gasteiger partial charge in [-0.3, -0.25) is 4.79 Å². The van der Waals surface area contributed by atoms with Crippen LogP contribution in [0.5, 0.6) is 17.2 Å². The maximum absolute atomic E-state index is 13.1. The third kappa shape index (κ3) is 4.95. The van der Waals surface area contributed by atoms with Gasteiger partial charge in [0.1, 0.15) is 71.1 Å². The molecule has 0 radical (unpaired) electrons. The summed E-state index contributed by atoms with van der Waals surface area (Å²) in [4.78, 5) is 13.1. The van der Waals surface area contributed by atoms with Crippen LogP contribution in [0.2, 0.25) is 0 Å². The monoisotopic (exact) mass is 548 g/mol. The maximum atomic E-state index is 13.1. The van der Waals surface area contributed by atoms with Gasteiger partial charge in [0.25, 0.3) is 0 Å². The highest BCUT2D eigenvalue weighted by atomic mass is 16.7. The van der Waals surface area contributed by atoms with E-state index in [4.69, 9.17) is 23.4 Å². The molecule has 1 aromatic heterocycles. The van der Waals surface area contributed by atoms with Gasteiger partial charge in [0, 0.05) is 17.7 Å². The molecule has 0 bridgehead atoms. The highest BCUT2D eigenvalue weighted by Gasteiger charge is 2.47. The summed E-state index contributed by atoms with van der Waals surface area (Å²) in [6, 6.07) is 8.16. The van der Waals surface area contributed by atoms with Gasteiger partial charge in [0.05, 0.1) is 25.9 Å². The molecule has 7 N–H and O–H groups in total. The van der Waals surface area contributed by atoms with E-state index >= 15 is 0 Å². The number of ether oxygens (including phenoxy) is 4. The van der Waals surface area contributed by atoms with Crippen molar-refractivity contribution in [2.24, 2.45) is 0 Å². The third-order valence-electron chi connectivity index (χ3n) is 6.86. The summed E-state index contributed by atoms with van der Waals surface area (Å²) in [7, 11) is 1.29. The van der Waals surface area contributed by atoms with Gasteiger partial charge < -0.3 is 59.1 Å². The molecule has 13 heteroatoms. The number of phenols is 2. The fourth-order valence-corrected chi connectivity index (χ4v) is 4.77. The van der Waals surface area contributed by atoms with Crippen LogP contribution < -0.4 is 10.2 Å². The number of aliphatic hydroxyl groups is 5. The Morgan fingerprint density at radius 1 is 0.872 bits per heavy atom. The van der Waals surface area contributed by atoms with Crippen LogP contribution in [0.1, 0.15) is 11.7 Å². The third-order valence-corrected chi connectivity index (χ3v) is 6.86. The van der Waals surface area contributed by atoms with E-state index in [0.29, 0.717) is 5.56 Å². The van der Waals surface area contributed by atoms with Gasteiger partial charge in [-0.05, 0) is 24.3 Å². The predicted octanol–water partition coefficient (Wildman–Crippen LogP) is -0.503. The molecule has 3 heterocycles. The van der Waals surface area contributed by atoms with Crippen LogP contribution in [0.25, 0.3) is 22.3 Å². The van der Waals surface area contributed by atoms with Gasteiger partial charge in [-0.2, -0.15) is 0 Å². The van der Waals surface area contributed by atoms with Crippen LogP contribution in [0.3, 0.4) is 0 Å². The number of aliphatic hydroxyl groups excluding tert-OH is 5. The van der Waals surface area contributed by atoms with Crippen molar-refractivity contribution in [3.8, 4) is 28.6 Å². The Bertz CT molecular complexity index is 1390. The molecular weight excluding hydrogens is 520 g/mol. The van der Waals surface area contributed by atoms with E-state index in [-0.39, 0.29) is 47.0 Å². The van der Waals surface area contributed by atoms with Gasteiger partial charge in [0.2, 0.25) is 0 Å². The number of hydrogen-bond acceptors (Lipinski definition) is 13. The predicted molar refractivity (Wildman–Crippen MR) is 131 cm³/mol. The molecule has 2 fully saturated rings. The molecule has 2 saturated heterocycles. The number of benzene rings is 2. The first-order valence-corrected chi connectivity index (χ1v) is 12.1. The summed E-state index contributed by atoms with van der Waals surface area (Å²) in [6.45, 7) is -0.745. The second-order valence-electron chi connectivity index (χ2n) is 9.40. The van der Waals surface area contributed by atoms with E-state index < -0.39 is 60.2 Å². The highest BCUT2D eigenvalue weighted by molar-refractivity contribution is 5.89. The van der Waals surface area contributed by atoms with Gasteiger partial charge in [-0.25, -0.2) is 0 Å². The Balaban J connectivity index is 1.66. The lowest BCUT2D eigenvalue weighted by molar-refractivity contribution is -0.316. The van der Waals surface area contributed by atoms with E-state index in [9.17, 15) is 40.5 Å². The van der Waals surface area contributed by atoms with Crippen molar-refractivity contribution in [1.29, 1.82) is 0 Å². The molecule has 0 unspecified atom stereocenters. The Hall–Kier alpha value is -3.27. The van der Waals surface area contributed by atoms with E-state index in [1.807, 2.05) is 0 Å². The van der Waals surface area contributed by atoms with Crippen molar-refractivity contribution < 1.29 is 59.1 Å². The number of fused-ring (bicyclic) bond motifs is 1. The minimum atomic E-state index is -1.71. The number of phenolic OH excluding ortho intramolecular Hbond substituents is 2. The van der Waals surface area contributed by atoms with Crippen molar-refractivity contribution >= 4 is 11.0 Å². The molecule has 2 aliphatic heterocycles. The van der Waals surface area contributed by atoms with Crippen molar-refractivity contribution in [3.63, 3.8) is 0 Å². The Morgan fingerprint density at radius 2 is 1.54 bits per heavy atom. The zero-order valence-corrected chi connectivity index (χ0v) is 20.6. The minimum absolute atomic E-state index is 0.00483. The molecule has 0 amide bonds. The molecule has 3 aromatic rings. The van der Waals surface area contributed by atoms with Gasteiger partial charge >= 0.3 is 0 Å². The fraction of sp³-hybridized carbons (Fsp3) is 0.423. The minimum Gasteiger partial charge on any atom is -0.508 e. The molecular formula is C26H28O13. The molecule has 0 saturated carbocycles. The van der Waals surface area contributed by atoms with Crippen LogP contribution >= 0.6 is 0 Å². The summed E-state index contributed by atoms with van der Waals surface area (Å²) < 4.78 is 28.5. The van der Waals surface area contributed by atoms with E-state index in [1.54, 1.807) is 0 Å². The van der Waals surface area contributed by atoms with Crippen LogP contribution in [0.4, 0.5) is 0 Å². The first-order valence-electron chi connectivity index (χ1n) is 12.1. The van der Waals surface area contributed by atoms with Crippen LogP contribution in [0.15, 0.2) is 45.6 Å². The zero-order valence-electron chi connectivity index (χ0n) is 20.6. The van der Waals surface area contributed by atoms with Gasteiger partial charge in [0.15, 0.2) is 17.3 Å². The van der Waals surface area contributed by atoms with Crippen molar-refractivity contribution in [1.82, 2.24) is 0 Å². The number of aromatic hydroxyl groups is 2. The molecule has 39 heavy (non-hydrogen) atoms. The normalized spacial score (nSPS) is 31.3. The Kier molecular flexibility index (Phi) is 7.50. The molecule has 210 valence electrons. The number of rotatable bonds is 5. The smallest absolute Gasteiger partial charge is 0.197 e. The summed E-state index contributed by atoms with van der Waals surface area (Å²) in [5.41, 5.74) is -0.299. The van der Waals surface area contributed by atoms with E-state index in [1.165, 1.54) is 37.4 Å². The second-order valence-corrected chi connectivity index (χ2v) is 9.40. The second kappa shape index (κ2) is 10.7. The first kappa shape index (κ1) is 27.3. The molecule has 2 aliphatic rings. The molecule has 0 spiro atoms. The lowest BCUT2D eigenvalue weighted by Crippen LogP contribution is -2.58. The first-order chi connectivity index (χ1) is 18.6. The average Bonchev–Trinajstić information content (AvgIpc) is 2.91. The largest absolute Gasteiger partial charge is 0.508 e. The van der Waals surface area contributed by atoms with Crippen molar-refractivity contribution in [2.75, 3.05) is 20.3 Å². The molecule has 13 nitrogen and oxygen atoms in total. The Labute approximate surface area is 220 Å². The summed E-state index contributed by atoms with van der Waals surface area (Å²) in [5.74, 6) is -0.379. The number of hydrogen-bond donors (Lipinski definition) is 7. The van der Waals surface area contributed by atoms with E-state index in [2.05, 4.69) is 0 Å². The average molecular weight is 548 g/mol. The van der Waals surface area contributed by atoms with Crippen molar-refractivity contribution in [2.45, 2.75) is 49.0 Å².